The second kappa shape index (κ2) is 11.4. The standard InChI is InChI=1S/C28H31FN2O2/c1-4-30-28(33)26(17-22-8-6-5-7-9-22)31(19-23-10-12-25(29)13-11-23)27(32)18-24-15-20(2)14-21(3)16-24/h5-16,26H,4,17-19H2,1-3H3,(H,30,33). The van der Waals surface area contributed by atoms with Gasteiger partial charge in [0, 0.05) is 19.5 Å². The molecule has 2 amide bonds. The van der Waals surface area contributed by atoms with Crippen LogP contribution in [0.4, 0.5) is 4.39 Å². The number of amides is 2. The van der Waals surface area contributed by atoms with Gasteiger partial charge in [-0.25, -0.2) is 4.39 Å². The van der Waals surface area contributed by atoms with Gasteiger partial charge >= 0.3 is 0 Å². The van der Waals surface area contributed by atoms with Crippen LogP contribution in [0.5, 0.6) is 0 Å². The molecule has 0 fully saturated rings. The highest BCUT2D eigenvalue weighted by molar-refractivity contribution is 5.88. The molecule has 0 saturated heterocycles. The zero-order valence-corrected chi connectivity index (χ0v) is 19.5. The number of hydrogen-bond donors (Lipinski definition) is 1. The van der Waals surface area contributed by atoms with Gasteiger partial charge in [0.1, 0.15) is 11.9 Å². The Bertz CT molecular complexity index is 1060. The van der Waals surface area contributed by atoms with Crippen molar-refractivity contribution in [3.63, 3.8) is 0 Å². The van der Waals surface area contributed by atoms with Crippen LogP contribution in [0.15, 0.2) is 72.8 Å². The Balaban J connectivity index is 1.96. The van der Waals surface area contributed by atoms with Crippen LogP contribution < -0.4 is 5.32 Å². The summed E-state index contributed by atoms with van der Waals surface area (Å²) in [4.78, 5) is 28.4. The van der Waals surface area contributed by atoms with Gasteiger partial charge in [-0.3, -0.25) is 9.59 Å². The number of carbonyl (C=O) groups is 2. The largest absolute Gasteiger partial charge is 0.355 e. The molecule has 1 atom stereocenters. The lowest BCUT2D eigenvalue weighted by Crippen LogP contribution is -2.50. The fourth-order valence-corrected chi connectivity index (χ4v) is 4.08. The molecule has 5 heteroatoms. The van der Waals surface area contributed by atoms with E-state index < -0.39 is 6.04 Å². The highest BCUT2D eigenvalue weighted by Crippen LogP contribution is 2.18. The molecule has 3 rings (SSSR count). The molecular formula is C28H31FN2O2. The fraction of sp³-hybridized carbons (Fsp3) is 0.286. The molecule has 0 aliphatic carbocycles. The molecule has 4 nitrogen and oxygen atoms in total. The first-order chi connectivity index (χ1) is 15.9. The van der Waals surface area contributed by atoms with Crippen LogP contribution in [0.1, 0.15) is 34.7 Å². The summed E-state index contributed by atoms with van der Waals surface area (Å²) in [6.45, 7) is 6.56. The number of carbonyl (C=O) groups excluding carboxylic acids is 2. The van der Waals surface area contributed by atoms with Crippen LogP contribution >= 0.6 is 0 Å². The van der Waals surface area contributed by atoms with Gasteiger partial charge in [-0.1, -0.05) is 71.8 Å². The lowest BCUT2D eigenvalue weighted by Gasteiger charge is -2.31. The Morgan fingerprint density at radius 2 is 1.52 bits per heavy atom. The van der Waals surface area contributed by atoms with E-state index in [0.29, 0.717) is 13.0 Å². The van der Waals surface area contributed by atoms with Crippen LogP contribution in [-0.4, -0.2) is 29.3 Å². The molecule has 0 heterocycles. The predicted octanol–water partition coefficient (Wildman–Crippen LogP) is 4.76. The molecule has 3 aromatic rings. The van der Waals surface area contributed by atoms with Crippen LogP contribution in [0.3, 0.4) is 0 Å². The summed E-state index contributed by atoms with van der Waals surface area (Å²) in [6.07, 6.45) is 0.584. The molecule has 33 heavy (non-hydrogen) atoms. The average molecular weight is 447 g/mol. The fourth-order valence-electron chi connectivity index (χ4n) is 4.08. The Morgan fingerprint density at radius 3 is 2.12 bits per heavy atom. The Hall–Kier alpha value is -3.47. The van der Waals surface area contributed by atoms with Crippen molar-refractivity contribution < 1.29 is 14.0 Å². The summed E-state index contributed by atoms with van der Waals surface area (Å²) < 4.78 is 13.5. The molecule has 1 N–H and O–H groups in total. The molecule has 0 saturated carbocycles. The second-order valence-electron chi connectivity index (χ2n) is 8.42. The lowest BCUT2D eigenvalue weighted by molar-refractivity contribution is -0.140. The third-order valence-corrected chi connectivity index (χ3v) is 5.53. The highest BCUT2D eigenvalue weighted by Gasteiger charge is 2.30. The Morgan fingerprint density at radius 1 is 0.879 bits per heavy atom. The minimum atomic E-state index is -0.684. The summed E-state index contributed by atoms with van der Waals surface area (Å²) in [5, 5.41) is 2.89. The normalized spacial score (nSPS) is 11.6. The minimum absolute atomic E-state index is 0.142. The maximum Gasteiger partial charge on any atom is 0.243 e. The minimum Gasteiger partial charge on any atom is -0.355 e. The molecule has 0 aromatic heterocycles. The molecular weight excluding hydrogens is 415 g/mol. The molecule has 1 unspecified atom stereocenters. The molecule has 0 aliphatic rings. The molecule has 0 radical (unpaired) electrons. The van der Waals surface area contributed by atoms with E-state index in [-0.39, 0.29) is 30.6 Å². The number of rotatable bonds is 9. The molecule has 0 spiro atoms. The maximum absolute atomic E-state index is 13.6. The SMILES string of the molecule is CCNC(=O)C(Cc1ccccc1)N(Cc1ccc(F)cc1)C(=O)Cc1cc(C)cc(C)c1. The second-order valence-corrected chi connectivity index (χ2v) is 8.42. The van der Waals surface area contributed by atoms with Crippen molar-refractivity contribution in [2.24, 2.45) is 0 Å². The molecule has 3 aromatic carbocycles. The van der Waals surface area contributed by atoms with Crippen molar-refractivity contribution in [2.45, 2.75) is 46.2 Å². The van der Waals surface area contributed by atoms with E-state index in [0.717, 1.165) is 27.8 Å². The van der Waals surface area contributed by atoms with Crippen molar-refractivity contribution in [1.82, 2.24) is 10.2 Å². The van der Waals surface area contributed by atoms with Crippen molar-refractivity contribution in [3.05, 3.63) is 106 Å². The summed E-state index contributed by atoms with van der Waals surface area (Å²) in [6, 6.07) is 21.1. The maximum atomic E-state index is 13.6. The van der Waals surface area contributed by atoms with Crippen LogP contribution in [0, 0.1) is 19.7 Å². The highest BCUT2D eigenvalue weighted by atomic mass is 19.1. The van der Waals surface area contributed by atoms with Crippen LogP contribution in [0.2, 0.25) is 0 Å². The third-order valence-electron chi connectivity index (χ3n) is 5.53. The quantitative estimate of drug-likeness (QED) is 0.515. The number of hydrogen-bond acceptors (Lipinski definition) is 2. The van der Waals surface area contributed by atoms with Crippen molar-refractivity contribution in [3.8, 4) is 0 Å². The summed E-state index contributed by atoms with van der Waals surface area (Å²) in [5.41, 5.74) is 4.83. The number of halogens is 1. The van der Waals surface area contributed by atoms with Gasteiger partial charge in [-0.05, 0) is 49.6 Å². The van der Waals surface area contributed by atoms with Gasteiger partial charge in [-0.2, -0.15) is 0 Å². The summed E-state index contributed by atoms with van der Waals surface area (Å²) in [5.74, 6) is -0.676. The number of aryl methyl sites for hydroxylation is 2. The van der Waals surface area contributed by atoms with Crippen molar-refractivity contribution in [2.75, 3.05) is 6.54 Å². The van der Waals surface area contributed by atoms with E-state index in [1.165, 1.54) is 12.1 Å². The first kappa shape index (κ1) is 24.2. The first-order valence-electron chi connectivity index (χ1n) is 11.3. The number of nitrogens with one attached hydrogen (secondary N) is 1. The number of nitrogens with zero attached hydrogens (tertiary/aromatic N) is 1. The van der Waals surface area contributed by atoms with Crippen LogP contribution in [-0.2, 0) is 29.0 Å². The van der Waals surface area contributed by atoms with E-state index in [1.807, 2.05) is 63.2 Å². The molecule has 0 aliphatic heterocycles. The smallest absolute Gasteiger partial charge is 0.243 e. The van der Waals surface area contributed by atoms with Gasteiger partial charge in [0.2, 0.25) is 11.8 Å². The van der Waals surface area contributed by atoms with E-state index in [4.69, 9.17) is 0 Å². The average Bonchev–Trinajstić information content (AvgIpc) is 2.77. The van der Waals surface area contributed by atoms with Crippen LogP contribution in [0.25, 0.3) is 0 Å². The van der Waals surface area contributed by atoms with E-state index in [2.05, 4.69) is 11.4 Å². The zero-order chi connectivity index (χ0) is 23.8. The Kier molecular flexibility index (Phi) is 8.36. The lowest BCUT2D eigenvalue weighted by atomic mass is 10.0. The van der Waals surface area contributed by atoms with Gasteiger partial charge in [0.05, 0.1) is 6.42 Å². The molecule has 0 bridgehead atoms. The van der Waals surface area contributed by atoms with E-state index >= 15 is 0 Å². The van der Waals surface area contributed by atoms with Gasteiger partial charge in [0.15, 0.2) is 0 Å². The summed E-state index contributed by atoms with van der Waals surface area (Å²) in [7, 11) is 0. The van der Waals surface area contributed by atoms with Crippen molar-refractivity contribution >= 4 is 11.8 Å². The summed E-state index contributed by atoms with van der Waals surface area (Å²) >= 11 is 0. The Labute approximate surface area is 195 Å². The van der Waals surface area contributed by atoms with E-state index in [1.54, 1.807) is 17.0 Å². The topological polar surface area (TPSA) is 49.4 Å². The van der Waals surface area contributed by atoms with Gasteiger partial charge < -0.3 is 10.2 Å². The van der Waals surface area contributed by atoms with Gasteiger partial charge in [0.25, 0.3) is 0 Å². The predicted molar refractivity (Wildman–Crippen MR) is 129 cm³/mol. The van der Waals surface area contributed by atoms with E-state index in [9.17, 15) is 14.0 Å². The first-order valence-corrected chi connectivity index (χ1v) is 11.3. The molecule has 172 valence electrons. The van der Waals surface area contributed by atoms with Crippen molar-refractivity contribution in [1.29, 1.82) is 0 Å². The monoisotopic (exact) mass is 446 g/mol. The van der Waals surface area contributed by atoms with Gasteiger partial charge in [-0.15, -0.1) is 0 Å². The number of benzene rings is 3. The zero-order valence-electron chi connectivity index (χ0n) is 19.5. The third kappa shape index (κ3) is 7.01. The number of likely N-dealkylation sites (N-methyl/N-ethyl adjacent to an activating group) is 1.